The number of ether oxygens (including phenoxy) is 3. The molecule has 0 bridgehead atoms. The lowest BCUT2D eigenvalue weighted by Crippen LogP contribution is -2.31. The van der Waals surface area contributed by atoms with Crippen molar-refractivity contribution in [1.29, 1.82) is 0 Å². The quantitative estimate of drug-likeness (QED) is 0.0272. The third kappa shape index (κ3) is 38.9. The fraction of sp³-hybridized carbons (Fsp3) is 0.841. The van der Waals surface area contributed by atoms with Crippen LogP contribution in [0, 0.1) is 0 Å². The molecule has 0 aromatic rings. The minimum Gasteiger partial charge on any atom is -0.462 e. The van der Waals surface area contributed by atoms with Crippen LogP contribution < -0.4 is 0 Å². The smallest absolute Gasteiger partial charge is 0.307 e. The molecule has 0 saturated heterocycles. The Bertz CT molecular complexity index is 799. The van der Waals surface area contributed by atoms with E-state index in [9.17, 15) is 14.4 Å². The summed E-state index contributed by atoms with van der Waals surface area (Å²) in [5.41, 5.74) is 0. The fourth-order valence-electron chi connectivity index (χ4n) is 5.87. The van der Waals surface area contributed by atoms with E-state index in [1.807, 2.05) is 19.0 Å². The maximum atomic E-state index is 12.4. The van der Waals surface area contributed by atoms with Gasteiger partial charge in [0.2, 0.25) is 0 Å². The predicted molar refractivity (Wildman–Crippen MR) is 214 cm³/mol. The first-order valence-electron chi connectivity index (χ1n) is 21.3. The van der Waals surface area contributed by atoms with E-state index in [0.717, 1.165) is 51.4 Å². The van der Waals surface area contributed by atoms with Crippen LogP contribution in [0.2, 0.25) is 0 Å². The van der Waals surface area contributed by atoms with Crippen LogP contribution >= 0.6 is 0 Å². The van der Waals surface area contributed by atoms with Gasteiger partial charge in [-0.1, -0.05) is 141 Å². The summed E-state index contributed by atoms with van der Waals surface area (Å²) in [6, 6.07) is 0. The van der Waals surface area contributed by atoms with Crippen molar-refractivity contribution in [2.75, 3.05) is 33.9 Å². The van der Waals surface area contributed by atoms with Crippen LogP contribution in [-0.2, 0) is 28.6 Å². The molecule has 0 aromatic carbocycles. The Morgan fingerprint density at radius 3 is 1.14 bits per heavy atom. The molecular formula is C44H81NO6. The average molecular weight is 720 g/mol. The summed E-state index contributed by atoms with van der Waals surface area (Å²) >= 11 is 0. The average Bonchev–Trinajstić information content (AvgIpc) is 3.11. The molecule has 7 nitrogen and oxygen atoms in total. The van der Waals surface area contributed by atoms with Gasteiger partial charge >= 0.3 is 17.9 Å². The van der Waals surface area contributed by atoms with Crippen molar-refractivity contribution in [3.8, 4) is 0 Å². The maximum Gasteiger partial charge on any atom is 0.307 e. The van der Waals surface area contributed by atoms with Crippen molar-refractivity contribution in [3.05, 3.63) is 24.3 Å². The standard InChI is InChI=1S/C44H81NO6/c1-5-7-9-11-13-15-17-19-21-23-25-27-29-31-33-35-42(46)49-39-41(51-44(48)37-38-45(3)4)40-50-43(47)36-34-32-30-28-26-24-22-20-18-16-14-12-10-8-6-2/h19-22,41H,5-18,23-40H2,1-4H3. The van der Waals surface area contributed by atoms with Gasteiger partial charge in [-0.2, -0.15) is 0 Å². The first kappa shape index (κ1) is 48.9. The van der Waals surface area contributed by atoms with Crippen LogP contribution in [0.1, 0.15) is 200 Å². The SMILES string of the molecule is CCCCCCCCC=CCCCCCCCC(=O)OCC(COC(=O)CCCCCCCC=CCCCCCCCC)OC(=O)CCN(C)C. The van der Waals surface area contributed by atoms with Gasteiger partial charge in [-0.25, -0.2) is 0 Å². The van der Waals surface area contributed by atoms with Gasteiger partial charge in [0, 0.05) is 19.4 Å². The first-order valence-corrected chi connectivity index (χ1v) is 21.3. The summed E-state index contributed by atoms with van der Waals surface area (Å²) in [6.07, 6.45) is 40.7. The summed E-state index contributed by atoms with van der Waals surface area (Å²) in [4.78, 5) is 39.1. The van der Waals surface area contributed by atoms with E-state index in [-0.39, 0.29) is 31.6 Å². The fourth-order valence-corrected chi connectivity index (χ4v) is 5.87. The van der Waals surface area contributed by atoms with Gasteiger partial charge in [0.1, 0.15) is 13.2 Å². The molecule has 7 heteroatoms. The molecule has 298 valence electrons. The number of nitrogens with zero attached hydrogens (tertiary/aromatic N) is 1. The van der Waals surface area contributed by atoms with E-state index in [1.54, 1.807) is 0 Å². The highest BCUT2D eigenvalue weighted by atomic mass is 16.6. The van der Waals surface area contributed by atoms with Crippen molar-refractivity contribution < 1.29 is 28.6 Å². The van der Waals surface area contributed by atoms with Crippen molar-refractivity contribution >= 4 is 17.9 Å². The van der Waals surface area contributed by atoms with Crippen molar-refractivity contribution in [1.82, 2.24) is 4.90 Å². The highest BCUT2D eigenvalue weighted by Gasteiger charge is 2.19. The molecule has 0 fully saturated rings. The van der Waals surface area contributed by atoms with Gasteiger partial charge in [0.25, 0.3) is 0 Å². The van der Waals surface area contributed by atoms with E-state index >= 15 is 0 Å². The minimum atomic E-state index is -0.796. The molecule has 0 rings (SSSR count). The molecule has 0 heterocycles. The first-order chi connectivity index (χ1) is 24.9. The number of esters is 3. The molecule has 0 aliphatic carbocycles. The summed E-state index contributed by atoms with van der Waals surface area (Å²) in [5.74, 6) is -1.00. The Hall–Kier alpha value is -2.15. The largest absolute Gasteiger partial charge is 0.462 e. The molecule has 0 amide bonds. The number of carbonyl (C=O) groups excluding carboxylic acids is 3. The summed E-state index contributed by atoms with van der Waals surface area (Å²) in [5, 5.41) is 0. The molecule has 0 aromatic heterocycles. The second-order valence-corrected chi connectivity index (χ2v) is 14.7. The van der Waals surface area contributed by atoms with Gasteiger partial charge in [-0.05, 0) is 78.3 Å². The number of allylic oxidation sites excluding steroid dienone is 4. The van der Waals surface area contributed by atoms with Crippen LogP contribution in [-0.4, -0.2) is 62.8 Å². The Morgan fingerprint density at radius 2 is 0.784 bits per heavy atom. The number of unbranched alkanes of at least 4 members (excludes halogenated alkanes) is 22. The van der Waals surface area contributed by atoms with E-state index in [2.05, 4.69) is 38.2 Å². The molecule has 0 atom stereocenters. The topological polar surface area (TPSA) is 82.1 Å². The van der Waals surface area contributed by atoms with Crippen molar-refractivity contribution in [2.24, 2.45) is 0 Å². The number of hydrogen-bond acceptors (Lipinski definition) is 7. The van der Waals surface area contributed by atoms with Crippen molar-refractivity contribution in [3.63, 3.8) is 0 Å². The molecule has 0 radical (unpaired) electrons. The van der Waals surface area contributed by atoms with Gasteiger partial charge < -0.3 is 19.1 Å². The molecule has 51 heavy (non-hydrogen) atoms. The zero-order valence-electron chi connectivity index (χ0n) is 33.9. The molecule has 0 saturated carbocycles. The lowest BCUT2D eigenvalue weighted by Gasteiger charge is -2.19. The normalized spacial score (nSPS) is 12.3. The number of hydrogen-bond donors (Lipinski definition) is 0. The van der Waals surface area contributed by atoms with Gasteiger partial charge in [-0.3, -0.25) is 14.4 Å². The van der Waals surface area contributed by atoms with Crippen LogP contribution in [0.3, 0.4) is 0 Å². The Balaban J connectivity index is 4.09. The molecular weight excluding hydrogens is 638 g/mol. The van der Waals surface area contributed by atoms with E-state index in [1.165, 1.54) is 116 Å². The molecule has 0 unspecified atom stereocenters. The molecule has 0 aliphatic rings. The van der Waals surface area contributed by atoms with Crippen LogP contribution in [0.15, 0.2) is 24.3 Å². The summed E-state index contributed by atoms with van der Waals surface area (Å²) < 4.78 is 16.4. The number of rotatable bonds is 38. The van der Waals surface area contributed by atoms with E-state index in [4.69, 9.17) is 14.2 Å². The van der Waals surface area contributed by atoms with Crippen LogP contribution in [0.4, 0.5) is 0 Å². The van der Waals surface area contributed by atoms with E-state index < -0.39 is 12.1 Å². The van der Waals surface area contributed by atoms with E-state index in [0.29, 0.717) is 19.4 Å². The summed E-state index contributed by atoms with van der Waals surface area (Å²) in [7, 11) is 3.77. The highest BCUT2D eigenvalue weighted by Crippen LogP contribution is 2.13. The predicted octanol–water partition coefficient (Wildman–Crippen LogP) is 12.0. The minimum absolute atomic E-state index is 0.0989. The zero-order chi connectivity index (χ0) is 37.5. The monoisotopic (exact) mass is 720 g/mol. The van der Waals surface area contributed by atoms with Gasteiger partial charge in [0.05, 0.1) is 6.42 Å². The molecule has 0 spiro atoms. The van der Waals surface area contributed by atoms with Crippen LogP contribution in [0.5, 0.6) is 0 Å². The maximum absolute atomic E-state index is 12.4. The lowest BCUT2D eigenvalue weighted by molar-refractivity contribution is -0.167. The highest BCUT2D eigenvalue weighted by molar-refractivity contribution is 5.71. The van der Waals surface area contributed by atoms with Crippen LogP contribution in [0.25, 0.3) is 0 Å². The van der Waals surface area contributed by atoms with Gasteiger partial charge in [-0.15, -0.1) is 0 Å². The third-order valence-electron chi connectivity index (χ3n) is 9.21. The Morgan fingerprint density at radius 1 is 0.451 bits per heavy atom. The van der Waals surface area contributed by atoms with Crippen molar-refractivity contribution in [2.45, 2.75) is 206 Å². The van der Waals surface area contributed by atoms with Gasteiger partial charge in [0.15, 0.2) is 6.10 Å². The third-order valence-corrected chi connectivity index (χ3v) is 9.21. The molecule has 0 aliphatic heterocycles. The Labute approximate surface area is 315 Å². The summed E-state index contributed by atoms with van der Waals surface area (Å²) in [6.45, 7) is 4.87. The Kier molecular flexibility index (Phi) is 37.4. The zero-order valence-corrected chi connectivity index (χ0v) is 33.9. The second-order valence-electron chi connectivity index (χ2n) is 14.7. The lowest BCUT2D eigenvalue weighted by atomic mass is 10.1. The number of carbonyl (C=O) groups is 3. The second kappa shape index (κ2) is 39.1. The molecule has 0 N–H and O–H groups in total.